The topological polar surface area (TPSA) is 49.4 Å². The second kappa shape index (κ2) is 14.3. The molecule has 2 amide bonds. The highest BCUT2D eigenvalue weighted by molar-refractivity contribution is 7.99. The van der Waals surface area contributed by atoms with Crippen molar-refractivity contribution in [2.45, 2.75) is 45.0 Å². The van der Waals surface area contributed by atoms with Crippen molar-refractivity contribution in [1.29, 1.82) is 0 Å². The van der Waals surface area contributed by atoms with Gasteiger partial charge in [0.1, 0.15) is 6.04 Å². The van der Waals surface area contributed by atoms with Gasteiger partial charge in [0, 0.05) is 40.9 Å². The van der Waals surface area contributed by atoms with E-state index in [1.54, 1.807) is 23.1 Å². The number of hydrogen-bond donors (Lipinski definition) is 1. The maximum absolute atomic E-state index is 13.7. The van der Waals surface area contributed by atoms with Crippen molar-refractivity contribution in [1.82, 2.24) is 10.2 Å². The molecule has 3 rings (SSSR count). The van der Waals surface area contributed by atoms with Crippen LogP contribution < -0.4 is 5.32 Å². The zero-order valence-corrected chi connectivity index (χ0v) is 23.0. The molecule has 4 nitrogen and oxygen atoms in total. The van der Waals surface area contributed by atoms with Crippen LogP contribution in [0.3, 0.4) is 0 Å². The first-order valence-corrected chi connectivity index (χ1v) is 14.0. The second-order valence-electron chi connectivity index (χ2n) is 8.70. The van der Waals surface area contributed by atoms with Crippen molar-refractivity contribution in [2.24, 2.45) is 0 Å². The molecule has 0 heterocycles. The van der Waals surface area contributed by atoms with Gasteiger partial charge >= 0.3 is 0 Å². The van der Waals surface area contributed by atoms with Gasteiger partial charge in [-0.3, -0.25) is 9.59 Å². The first-order valence-electron chi connectivity index (χ1n) is 12.1. The summed E-state index contributed by atoms with van der Waals surface area (Å²) in [5.41, 5.74) is 3.96. The molecule has 0 radical (unpaired) electrons. The summed E-state index contributed by atoms with van der Waals surface area (Å²) in [6.45, 7) is 4.75. The normalized spacial score (nSPS) is 11.7. The van der Waals surface area contributed by atoms with Crippen LogP contribution in [-0.4, -0.2) is 35.1 Å². The highest BCUT2D eigenvalue weighted by Gasteiger charge is 2.31. The fraction of sp³-hybridized carbons (Fsp3) is 0.310. The summed E-state index contributed by atoms with van der Waals surface area (Å²) in [5.74, 6) is 0.638. The molecule has 0 aromatic heterocycles. The van der Waals surface area contributed by atoms with Gasteiger partial charge in [-0.15, -0.1) is 11.8 Å². The molecule has 190 valence electrons. The van der Waals surface area contributed by atoms with Gasteiger partial charge in [-0.2, -0.15) is 0 Å². The van der Waals surface area contributed by atoms with E-state index in [-0.39, 0.29) is 24.1 Å². The molecular formula is C29H32Cl2N2O2S. The minimum Gasteiger partial charge on any atom is -0.354 e. The van der Waals surface area contributed by atoms with Gasteiger partial charge in [0.25, 0.3) is 0 Å². The molecule has 0 aliphatic carbocycles. The lowest BCUT2D eigenvalue weighted by Crippen LogP contribution is -2.51. The Morgan fingerprint density at radius 1 is 0.944 bits per heavy atom. The van der Waals surface area contributed by atoms with Gasteiger partial charge in [0.05, 0.1) is 5.75 Å². The fourth-order valence-electron chi connectivity index (χ4n) is 3.91. The molecule has 0 saturated heterocycles. The van der Waals surface area contributed by atoms with Gasteiger partial charge in [-0.05, 0) is 36.6 Å². The number of rotatable bonds is 12. The van der Waals surface area contributed by atoms with Crippen molar-refractivity contribution in [2.75, 3.05) is 12.3 Å². The highest BCUT2D eigenvalue weighted by atomic mass is 35.5. The van der Waals surface area contributed by atoms with E-state index in [9.17, 15) is 9.59 Å². The van der Waals surface area contributed by atoms with Crippen LogP contribution in [0.4, 0.5) is 0 Å². The third-order valence-corrected chi connectivity index (χ3v) is 7.48. The average Bonchev–Trinajstić information content (AvgIpc) is 2.86. The molecule has 1 N–H and O–H groups in total. The minimum absolute atomic E-state index is 0.129. The SMILES string of the molecule is CCCNC(=O)[C@H](Cc1ccccc1)N(Cc1c(Cl)cccc1Cl)C(=O)CSCc1cccc(C)c1. The summed E-state index contributed by atoms with van der Waals surface area (Å²) in [6.07, 6.45) is 1.20. The van der Waals surface area contributed by atoms with E-state index in [0.29, 0.717) is 34.3 Å². The van der Waals surface area contributed by atoms with Crippen LogP contribution in [-0.2, 0) is 28.3 Å². The van der Waals surface area contributed by atoms with Gasteiger partial charge in [-0.25, -0.2) is 0 Å². The first-order chi connectivity index (χ1) is 17.4. The highest BCUT2D eigenvalue weighted by Crippen LogP contribution is 2.28. The number of nitrogens with one attached hydrogen (secondary N) is 1. The molecule has 3 aromatic rings. The maximum Gasteiger partial charge on any atom is 0.243 e. The Kier molecular flexibility index (Phi) is 11.2. The molecule has 0 spiro atoms. The number of aryl methyl sites for hydroxylation is 1. The van der Waals surface area contributed by atoms with Crippen LogP contribution in [0, 0.1) is 6.92 Å². The Balaban J connectivity index is 1.88. The molecule has 0 aliphatic heterocycles. The Morgan fingerprint density at radius 3 is 2.28 bits per heavy atom. The molecule has 1 atom stereocenters. The smallest absolute Gasteiger partial charge is 0.243 e. The van der Waals surface area contributed by atoms with Gasteiger partial charge < -0.3 is 10.2 Å². The average molecular weight is 544 g/mol. The van der Waals surface area contributed by atoms with Crippen molar-refractivity contribution >= 4 is 46.8 Å². The Morgan fingerprint density at radius 2 is 1.61 bits per heavy atom. The van der Waals surface area contributed by atoms with Crippen LogP contribution >= 0.6 is 35.0 Å². The Bertz CT molecular complexity index is 1140. The van der Waals surface area contributed by atoms with E-state index < -0.39 is 6.04 Å². The number of hydrogen-bond acceptors (Lipinski definition) is 3. The van der Waals surface area contributed by atoms with Crippen LogP contribution in [0.2, 0.25) is 10.0 Å². The van der Waals surface area contributed by atoms with E-state index in [0.717, 1.165) is 17.5 Å². The quantitative estimate of drug-likeness (QED) is 0.277. The van der Waals surface area contributed by atoms with Crippen molar-refractivity contribution in [3.63, 3.8) is 0 Å². The summed E-state index contributed by atoms with van der Waals surface area (Å²) >= 11 is 14.5. The fourth-order valence-corrected chi connectivity index (χ4v) is 5.29. The van der Waals surface area contributed by atoms with Crippen LogP contribution in [0.15, 0.2) is 72.8 Å². The van der Waals surface area contributed by atoms with Gasteiger partial charge in [0.15, 0.2) is 0 Å². The maximum atomic E-state index is 13.7. The number of benzene rings is 3. The third kappa shape index (κ3) is 8.29. The number of nitrogens with zero attached hydrogens (tertiary/aromatic N) is 1. The first kappa shape index (κ1) is 28.1. The van der Waals surface area contributed by atoms with Crippen LogP contribution in [0.25, 0.3) is 0 Å². The molecule has 0 aliphatic rings. The van der Waals surface area contributed by atoms with E-state index in [2.05, 4.69) is 30.4 Å². The Hall–Kier alpha value is -2.47. The zero-order chi connectivity index (χ0) is 25.9. The summed E-state index contributed by atoms with van der Waals surface area (Å²) < 4.78 is 0. The summed E-state index contributed by atoms with van der Waals surface area (Å²) in [7, 11) is 0. The molecule has 36 heavy (non-hydrogen) atoms. The molecule has 0 unspecified atom stereocenters. The number of carbonyl (C=O) groups excluding carboxylic acids is 2. The standard InChI is InChI=1S/C29H32Cl2N2O2S/c1-3-15-32-29(35)27(17-22-10-5-4-6-11-22)33(18-24-25(30)13-8-14-26(24)31)28(34)20-36-19-23-12-7-9-21(2)16-23/h4-14,16,27H,3,15,17-20H2,1-2H3,(H,32,35)/t27-/m0/s1. The summed E-state index contributed by atoms with van der Waals surface area (Å²) in [6, 6.07) is 22.6. The van der Waals surface area contributed by atoms with Crippen LogP contribution in [0.1, 0.15) is 35.6 Å². The third-order valence-electron chi connectivity index (χ3n) is 5.79. The van der Waals surface area contributed by atoms with Crippen molar-refractivity contribution < 1.29 is 9.59 Å². The van der Waals surface area contributed by atoms with Crippen molar-refractivity contribution in [3.8, 4) is 0 Å². The molecule has 3 aromatic carbocycles. The number of carbonyl (C=O) groups is 2. The van der Waals surface area contributed by atoms with Gasteiger partial charge in [-0.1, -0.05) is 96.4 Å². The molecular weight excluding hydrogens is 511 g/mol. The van der Waals surface area contributed by atoms with Gasteiger partial charge in [0.2, 0.25) is 11.8 Å². The van der Waals surface area contributed by atoms with E-state index in [1.807, 2.05) is 43.3 Å². The van der Waals surface area contributed by atoms with Crippen LogP contribution in [0.5, 0.6) is 0 Å². The lowest BCUT2D eigenvalue weighted by atomic mass is 10.0. The number of amides is 2. The largest absolute Gasteiger partial charge is 0.354 e. The van der Waals surface area contributed by atoms with E-state index >= 15 is 0 Å². The monoisotopic (exact) mass is 542 g/mol. The molecule has 0 saturated carbocycles. The minimum atomic E-state index is -0.696. The number of thioether (sulfide) groups is 1. The lowest BCUT2D eigenvalue weighted by molar-refractivity contribution is -0.139. The Labute approximate surface area is 228 Å². The van der Waals surface area contributed by atoms with Crippen molar-refractivity contribution in [3.05, 3.63) is 105 Å². The zero-order valence-electron chi connectivity index (χ0n) is 20.7. The number of halogens is 2. The summed E-state index contributed by atoms with van der Waals surface area (Å²) in [5, 5.41) is 3.93. The van der Waals surface area contributed by atoms with E-state index in [1.165, 1.54) is 17.3 Å². The molecule has 0 fully saturated rings. The second-order valence-corrected chi connectivity index (χ2v) is 10.5. The molecule has 7 heteroatoms. The summed E-state index contributed by atoms with van der Waals surface area (Å²) in [4.78, 5) is 28.7. The predicted molar refractivity (Wildman–Crippen MR) is 152 cm³/mol. The predicted octanol–water partition coefficient (Wildman–Crippen LogP) is 6.70. The van der Waals surface area contributed by atoms with E-state index in [4.69, 9.17) is 23.2 Å². The molecule has 0 bridgehead atoms. The lowest BCUT2D eigenvalue weighted by Gasteiger charge is -2.32.